The van der Waals surface area contributed by atoms with Crippen molar-refractivity contribution in [3.8, 4) is 10.6 Å². The SMILES string of the molecule is CC(NCc1cc(-c2cccs2)on1)C(=O)O. The highest BCUT2D eigenvalue weighted by Gasteiger charge is 2.12. The van der Waals surface area contributed by atoms with E-state index in [1.807, 2.05) is 23.6 Å². The second-order valence-electron chi connectivity index (χ2n) is 3.60. The van der Waals surface area contributed by atoms with Gasteiger partial charge in [0.15, 0.2) is 5.76 Å². The van der Waals surface area contributed by atoms with Crippen LogP contribution in [-0.2, 0) is 11.3 Å². The van der Waals surface area contributed by atoms with E-state index in [0.29, 0.717) is 18.0 Å². The Morgan fingerprint density at radius 1 is 1.71 bits per heavy atom. The first-order valence-electron chi connectivity index (χ1n) is 5.12. The molecule has 2 heterocycles. The minimum atomic E-state index is -0.882. The molecule has 2 aromatic heterocycles. The maximum atomic E-state index is 10.6. The number of aliphatic carboxylic acids is 1. The molecule has 6 heteroatoms. The summed E-state index contributed by atoms with van der Waals surface area (Å²) in [5.41, 5.74) is 0.696. The van der Waals surface area contributed by atoms with E-state index in [-0.39, 0.29) is 0 Å². The number of thiophene rings is 1. The summed E-state index contributed by atoms with van der Waals surface area (Å²) in [6, 6.07) is 5.10. The van der Waals surface area contributed by atoms with Gasteiger partial charge in [-0.1, -0.05) is 11.2 Å². The number of carboxylic acid groups (broad SMARTS) is 1. The van der Waals surface area contributed by atoms with Gasteiger partial charge < -0.3 is 9.63 Å². The lowest BCUT2D eigenvalue weighted by Crippen LogP contribution is -2.33. The fraction of sp³-hybridized carbons (Fsp3) is 0.273. The van der Waals surface area contributed by atoms with Crippen molar-refractivity contribution < 1.29 is 14.4 Å². The highest BCUT2D eigenvalue weighted by atomic mass is 32.1. The van der Waals surface area contributed by atoms with Crippen LogP contribution in [0.2, 0.25) is 0 Å². The summed E-state index contributed by atoms with van der Waals surface area (Å²) >= 11 is 1.57. The number of nitrogens with zero attached hydrogens (tertiary/aromatic N) is 1. The van der Waals surface area contributed by atoms with Gasteiger partial charge in [-0.05, 0) is 18.4 Å². The highest BCUT2D eigenvalue weighted by molar-refractivity contribution is 7.13. The molecule has 0 saturated heterocycles. The number of carbonyl (C=O) groups is 1. The van der Waals surface area contributed by atoms with E-state index in [0.717, 1.165) is 4.88 Å². The van der Waals surface area contributed by atoms with Gasteiger partial charge in [-0.3, -0.25) is 10.1 Å². The van der Waals surface area contributed by atoms with Crippen molar-refractivity contribution >= 4 is 17.3 Å². The van der Waals surface area contributed by atoms with Crippen LogP contribution in [-0.4, -0.2) is 22.3 Å². The number of carboxylic acids is 1. The van der Waals surface area contributed by atoms with E-state index in [2.05, 4.69) is 10.5 Å². The summed E-state index contributed by atoms with van der Waals surface area (Å²) in [6.07, 6.45) is 0. The van der Waals surface area contributed by atoms with Crippen molar-refractivity contribution in [2.75, 3.05) is 0 Å². The van der Waals surface area contributed by atoms with E-state index in [4.69, 9.17) is 9.63 Å². The second kappa shape index (κ2) is 5.11. The maximum Gasteiger partial charge on any atom is 0.320 e. The van der Waals surface area contributed by atoms with Gasteiger partial charge in [-0.15, -0.1) is 11.3 Å². The molecule has 0 aliphatic carbocycles. The normalized spacial score (nSPS) is 12.5. The molecule has 5 nitrogen and oxygen atoms in total. The van der Waals surface area contributed by atoms with E-state index >= 15 is 0 Å². The number of nitrogens with one attached hydrogen (secondary N) is 1. The summed E-state index contributed by atoms with van der Waals surface area (Å²) < 4.78 is 5.17. The molecule has 0 saturated carbocycles. The van der Waals surface area contributed by atoms with Crippen molar-refractivity contribution in [2.24, 2.45) is 0 Å². The van der Waals surface area contributed by atoms with Crippen LogP contribution < -0.4 is 5.32 Å². The Bertz CT molecular complexity index is 493. The molecule has 0 fully saturated rings. The molecule has 0 aromatic carbocycles. The fourth-order valence-electron chi connectivity index (χ4n) is 1.27. The van der Waals surface area contributed by atoms with Gasteiger partial charge >= 0.3 is 5.97 Å². The Kier molecular flexibility index (Phi) is 3.55. The van der Waals surface area contributed by atoms with Crippen LogP contribution in [0.25, 0.3) is 10.6 Å². The molecule has 1 atom stereocenters. The Labute approximate surface area is 102 Å². The first-order chi connectivity index (χ1) is 8.16. The van der Waals surface area contributed by atoms with Gasteiger partial charge in [0.05, 0.1) is 10.6 Å². The third-order valence-electron chi connectivity index (χ3n) is 2.28. The van der Waals surface area contributed by atoms with Gasteiger partial charge in [0.1, 0.15) is 6.04 Å². The minimum Gasteiger partial charge on any atom is -0.480 e. The smallest absolute Gasteiger partial charge is 0.320 e. The predicted molar refractivity (Wildman–Crippen MR) is 63.8 cm³/mol. The van der Waals surface area contributed by atoms with E-state index in [1.54, 1.807) is 18.3 Å². The van der Waals surface area contributed by atoms with Gasteiger partial charge in [-0.2, -0.15) is 0 Å². The molecule has 2 rings (SSSR count). The lowest BCUT2D eigenvalue weighted by molar-refractivity contribution is -0.139. The van der Waals surface area contributed by atoms with Crippen LogP contribution in [0.15, 0.2) is 28.1 Å². The van der Waals surface area contributed by atoms with Crippen LogP contribution in [0.4, 0.5) is 0 Å². The summed E-state index contributed by atoms with van der Waals surface area (Å²) in [5.74, 6) is -0.174. The van der Waals surface area contributed by atoms with E-state index in [1.165, 1.54) is 0 Å². The molecule has 0 aliphatic heterocycles. The third kappa shape index (κ3) is 2.92. The third-order valence-corrected chi connectivity index (χ3v) is 3.17. The van der Waals surface area contributed by atoms with Crippen molar-refractivity contribution in [3.05, 3.63) is 29.3 Å². The minimum absolute atomic E-state index is 0.377. The molecule has 0 spiro atoms. The lowest BCUT2D eigenvalue weighted by atomic mass is 10.3. The summed E-state index contributed by atoms with van der Waals surface area (Å²) in [7, 11) is 0. The van der Waals surface area contributed by atoms with Crippen molar-refractivity contribution in [3.63, 3.8) is 0 Å². The largest absolute Gasteiger partial charge is 0.480 e. The zero-order valence-corrected chi connectivity index (χ0v) is 10.0. The molecular formula is C11H12N2O3S. The number of hydrogen-bond donors (Lipinski definition) is 2. The van der Waals surface area contributed by atoms with Crippen molar-refractivity contribution in [1.82, 2.24) is 10.5 Å². The summed E-state index contributed by atoms with van der Waals surface area (Å²) in [4.78, 5) is 11.6. The molecule has 17 heavy (non-hydrogen) atoms. The highest BCUT2D eigenvalue weighted by Crippen LogP contribution is 2.24. The first-order valence-corrected chi connectivity index (χ1v) is 6.00. The number of hydrogen-bond acceptors (Lipinski definition) is 5. The Hall–Kier alpha value is -1.66. The molecule has 0 bridgehead atoms. The van der Waals surface area contributed by atoms with Crippen LogP contribution >= 0.6 is 11.3 Å². The van der Waals surface area contributed by atoms with Crippen LogP contribution in [0.1, 0.15) is 12.6 Å². The van der Waals surface area contributed by atoms with E-state index < -0.39 is 12.0 Å². The topological polar surface area (TPSA) is 75.4 Å². The van der Waals surface area contributed by atoms with Crippen molar-refractivity contribution in [1.29, 1.82) is 0 Å². The summed E-state index contributed by atoms with van der Waals surface area (Å²) in [6.45, 7) is 1.96. The Morgan fingerprint density at radius 2 is 2.53 bits per heavy atom. The first kappa shape index (κ1) is 11.8. The monoisotopic (exact) mass is 252 g/mol. The van der Waals surface area contributed by atoms with Gasteiger partial charge in [0.25, 0.3) is 0 Å². The predicted octanol–water partition coefficient (Wildman–Crippen LogP) is 1.97. The second-order valence-corrected chi connectivity index (χ2v) is 4.55. The van der Waals surface area contributed by atoms with Crippen molar-refractivity contribution in [2.45, 2.75) is 19.5 Å². The summed E-state index contributed by atoms with van der Waals surface area (Å²) in [5, 5.41) is 17.4. The van der Waals surface area contributed by atoms with E-state index in [9.17, 15) is 4.79 Å². The molecule has 2 aromatic rings. The molecular weight excluding hydrogens is 240 g/mol. The molecule has 1 unspecified atom stereocenters. The van der Waals surface area contributed by atoms with Gasteiger partial charge in [0.2, 0.25) is 0 Å². The van der Waals surface area contributed by atoms with Crippen LogP contribution in [0, 0.1) is 0 Å². The standard InChI is InChI=1S/C11H12N2O3S/c1-7(11(14)15)12-6-8-5-9(16-13-8)10-3-2-4-17-10/h2-5,7,12H,6H2,1H3,(H,14,15). The Morgan fingerprint density at radius 3 is 3.18 bits per heavy atom. The average Bonchev–Trinajstić information content (AvgIpc) is 2.95. The van der Waals surface area contributed by atoms with Gasteiger partial charge in [0, 0.05) is 12.6 Å². The Balaban J connectivity index is 1.97. The van der Waals surface area contributed by atoms with Crippen LogP contribution in [0.5, 0.6) is 0 Å². The average molecular weight is 252 g/mol. The number of aromatic nitrogens is 1. The molecule has 0 radical (unpaired) electrons. The molecule has 2 N–H and O–H groups in total. The number of rotatable bonds is 5. The van der Waals surface area contributed by atoms with Gasteiger partial charge in [-0.25, -0.2) is 0 Å². The maximum absolute atomic E-state index is 10.6. The lowest BCUT2D eigenvalue weighted by Gasteiger charge is -2.05. The fourth-order valence-corrected chi connectivity index (χ4v) is 1.95. The molecule has 0 amide bonds. The quantitative estimate of drug-likeness (QED) is 0.850. The van der Waals surface area contributed by atoms with Crippen LogP contribution in [0.3, 0.4) is 0 Å². The molecule has 90 valence electrons. The zero-order valence-electron chi connectivity index (χ0n) is 9.21. The molecule has 0 aliphatic rings. The zero-order chi connectivity index (χ0) is 12.3.